The third-order valence-corrected chi connectivity index (χ3v) is 4.36. The summed E-state index contributed by atoms with van der Waals surface area (Å²) >= 11 is 0. The second-order valence-electron chi connectivity index (χ2n) is 5.80. The first-order chi connectivity index (χ1) is 9.65. The van der Waals surface area contributed by atoms with E-state index in [1.807, 2.05) is 25.1 Å². The zero-order valence-corrected chi connectivity index (χ0v) is 11.8. The Balaban J connectivity index is 1.85. The van der Waals surface area contributed by atoms with E-state index >= 15 is 0 Å². The van der Waals surface area contributed by atoms with Gasteiger partial charge in [-0.25, -0.2) is 4.39 Å². The van der Waals surface area contributed by atoms with Gasteiger partial charge in [-0.3, -0.25) is 0 Å². The summed E-state index contributed by atoms with van der Waals surface area (Å²) in [5, 5.41) is 0. The lowest BCUT2D eigenvalue weighted by atomic mass is 9.79. The van der Waals surface area contributed by atoms with Gasteiger partial charge in [-0.05, 0) is 42.9 Å². The maximum atomic E-state index is 13.9. The largest absolute Gasteiger partial charge is 0.320 e. The third kappa shape index (κ3) is 2.48. The molecular weight excluding hydrogens is 249 g/mol. The molecule has 0 amide bonds. The zero-order valence-electron chi connectivity index (χ0n) is 11.8. The fraction of sp³-hybridized carbons (Fsp3) is 0.333. The molecule has 0 aliphatic heterocycles. The Labute approximate surface area is 119 Å². The van der Waals surface area contributed by atoms with E-state index in [2.05, 4.69) is 12.1 Å². The summed E-state index contributed by atoms with van der Waals surface area (Å²) in [7, 11) is 0. The summed E-state index contributed by atoms with van der Waals surface area (Å²) in [6, 6.07) is 13.1. The van der Waals surface area contributed by atoms with E-state index in [0.29, 0.717) is 5.56 Å². The highest BCUT2D eigenvalue weighted by molar-refractivity contribution is 5.36. The van der Waals surface area contributed by atoms with Crippen molar-refractivity contribution in [3.8, 4) is 0 Å². The Morgan fingerprint density at radius 1 is 1.10 bits per heavy atom. The van der Waals surface area contributed by atoms with Crippen molar-refractivity contribution in [3.05, 3.63) is 70.5 Å². The summed E-state index contributed by atoms with van der Waals surface area (Å²) in [5.74, 6) is 0.488. The van der Waals surface area contributed by atoms with Crippen molar-refractivity contribution in [2.75, 3.05) is 0 Å². The Bertz CT molecular complexity index is 599. The SMILES string of the molecule is Cc1ccc(F)c(C(N)c2ccc(C3CCC3)cc2)c1. The topological polar surface area (TPSA) is 26.0 Å². The molecule has 0 spiro atoms. The summed E-state index contributed by atoms with van der Waals surface area (Å²) < 4.78 is 13.9. The molecule has 1 aliphatic rings. The minimum Gasteiger partial charge on any atom is -0.320 e. The number of benzene rings is 2. The first-order valence-corrected chi connectivity index (χ1v) is 7.26. The van der Waals surface area contributed by atoms with Gasteiger partial charge >= 0.3 is 0 Å². The molecule has 104 valence electrons. The molecule has 1 unspecified atom stereocenters. The first kappa shape index (κ1) is 13.3. The van der Waals surface area contributed by atoms with Crippen LogP contribution in [0.4, 0.5) is 4.39 Å². The van der Waals surface area contributed by atoms with E-state index in [-0.39, 0.29) is 5.82 Å². The Hall–Kier alpha value is -1.67. The molecule has 0 radical (unpaired) electrons. The van der Waals surface area contributed by atoms with Crippen LogP contribution < -0.4 is 5.73 Å². The molecule has 0 heterocycles. The van der Waals surface area contributed by atoms with Crippen LogP contribution in [-0.2, 0) is 0 Å². The molecule has 3 rings (SSSR count). The molecule has 2 heteroatoms. The van der Waals surface area contributed by atoms with Crippen molar-refractivity contribution < 1.29 is 4.39 Å². The number of aryl methyl sites for hydroxylation is 1. The van der Waals surface area contributed by atoms with E-state index in [1.165, 1.54) is 30.9 Å². The van der Waals surface area contributed by atoms with Crippen molar-refractivity contribution in [2.45, 2.75) is 38.1 Å². The van der Waals surface area contributed by atoms with E-state index in [9.17, 15) is 4.39 Å². The van der Waals surface area contributed by atoms with Crippen LogP contribution in [0.5, 0.6) is 0 Å². The molecule has 0 saturated heterocycles. The lowest BCUT2D eigenvalue weighted by molar-refractivity contribution is 0.419. The minimum atomic E-state index is -0.398. The van der Waals surface area contributed by atoms with Crippen molar-refractivity contribution in [1.29, 1.82) is 0 Å². The van der Waals surface area contributed by atoms with Crippen LogP contribution in [-0.4, -0.2) is 0 Å². The Kier molecular flexibility index (Phi) is 3.58. The van der Waals surface area contributed by atoms with Crippen molar-refractivity contribution >= 4 is 0 Å². The van der Waals surface area contributed by atoms with Crippen LogP contribution in [0, 0.1) is 12.7 Å². The highest BCUT2D eigenvalue weighted by atomic mass is 19.1. The van der Waals surface area contributed by atoms with Crippen molar-refractivity contribution in [1.82, 2.24) is 0 Å². The maximum Gasteiger partial charge on any atom is 0.128 e. The lowest BCUT2D eigenvalue weighted by Crippen LogP contribution is -2.14. The van der Waals surface area contributed by atoms with E-state index in [0.717, 1.165) is 17.0 Å². The molecule has 1 fully saturated rings. The average molecular weight is 269 g/mol. The summed E-state index contributed by atoms with van der Waals surface area (Å²) in [6.07, 6.45) is 3.91. The van der Waals surface area contributed by atoms with Gasteiger partial charge in [0, 0.05) is 5.56 Å². The molecular formula is C18H20FN. The normalized spacial score (nSPS) is 16.8. The van der Waals surface area contributed by atoms with E-state index in [1.54, 1.807) is 6.07 Å². The zero-order chi connectivity index (χ0) is 14.1. The second kappa shape index (κ2) is 5.37. The number of nitrogens with two attached hydrogens (primary N) is 1. The molecule has 2 aromatic carbocycles. The monoisotopic (exact) mass is 269 g/mol. The van der Waals surface area contributed by atoms with Crippen LogP contribution >= 0.6 is 0 Å². The predicted octanol–water partition coefficient (Wildman–Crippen LogP) is 4.45. The van der Waals surface area contributed by atoms with Crippen molar-refractivity contribution in [3.63, 3.8) is 0 Å². The fourth-order valence-corrected chi connectivity index (χ4v) is 2.80. The minimum absolute atomic E-state index is 0.230. The molecule has 1 aliphatic carbocycles. The van der Waals surface area contributed by atoms with Crippen molar-refractivity contribution in [2.24, 2.45) is 5.73 Å². The summed E-state index contributed by atoms with van der Waals surface area (Å²) in [6.45, 7) is 1.95. The average Bonchev–Trinajstić information content (AvgIpc) is 2.40. The van der Waals surface area contributed by atoms with Crippen LogP contribution in [0.25, 0.3) is 0 Å². The van der Waals surface area contributed by atoms with E-state index < -0.39 is 6.04 Å². The van der Waals surface area contributed by atoms with Crippen LogP contribution in [0.2, 0.25) is 0 Å². The molecule has 0 bridgehead atoms. The maximum absolute atomic E-state index is 13.9. The molecule has 2 N–H and O–H groups in total. The second-order valence-corrected chi connectivity index (χ2v) is 5.80. The Morgan fingerprint density at radius 2 is 1.80 bits per heavy atom. The molecule has 1 nitrogen and oxygen atoms in total. The molecule has 1 saturated carbocycles. The van der Waals surface area contributed by atoms with Gasteiger partial charge in [0.2, 0.25) is 0 Å². The van der Waals surface area contributed by atoms with Gasteiger partial charge in [0.1, 0.15) is 5.82 Å². The van der Waals surface area contributed by atoms with E-state index in [4.69, 9.17) is 5.73 Å². The number of hydrogen-bond acceptors (Lipinski definition) is 1. The smallest absolute Gasteiger partial charge is 0.128 e. The van der Waals surface area contributed by atoms with Gasteiger partial charge in [-0.1, -0.05) is 48.4 Å². The van der Waals surface area contributed by atoms with Gasteiger partial charge < -0.3 is 5.73 Å². The number of rotatable bonds is 3. The van der Waals surface area contributed by atoms with Gasteiger partial charge in [0.25, 0.3) is 0 Å². The molecule has 0 aromatic heterocycles. The van der Waals surface area contributed by atoms with Gasteiger partial charge in [-0.2, -0.15) is 0 Å². The quantitative estimate of drug-likeness (QED) is 0.875. The van der Waals surface area contributed by atoms with Gasteiger partial charge in [0.05, 0.1) is 6.04 Å². The third-order valence-electron chi connectivity index (χ3n) is 4.36. The van der Waals surface area contributed by atoms with Crippen LogP contribution in [0.1, 0.15) is 53.5 Å². The van der Waals surface area contributed by atoms with Gasteiger partial charge in [0.15, 0.2) is 0 Å². The lowest BCUT2D eigenvalue weighted by Gasteiger charge is -2.26. The predicted molar refractivity (Wildman–Crippen MR) is 80.2 cm³/mol. The van der Waals surface area contributed by atoms with Crippen LogP contribution in [0.15, 0.2) is 42.5 Å². The molecule has 1 atom stereocenters. The standard InChI is InChI=1S/C18H20FN/c1-12-5-10-17(19)16(11-12)18(20)15-8-6-14(7-9-15)13-3-2-4-13/h5-11,13,18H,2-4,20H2,1H3. The summed E-state index contributed by atoms with van der Waals surface area (Å²) in [4.78, 5) is 0. The number of hydrogen-bond donors (Lipinski definition) is 1. The first-order valence-electron chi connectivity index (χ1n) is 7.26. The summed E-state index contributed by atoms with van der Waals surface area (Å²) in [5.41, 5.74) is 10.2. The van der Waals surface area contributed by atoms with Gasteiger partial charge in [-0.15, -0.1) is 0 Å². The number of halogens is 1. The van der Waals surface area contributed by atoms with Crippen LogP contribution in [0.3, 0.4) is 0 Å². The molecule has 2 aromatic rings. The highest BCUT2D eigenvalue weighted by Gasteiger charge is 2.20. The fourth-order valence-electron chi connectivity index (χ4n) is 2.80. The Morgan fingerprint density at radius 3 is 2.40 bits per heavy atom. The molecule has 20 heavy (non-hydrogen) atoms. The highest BCUT2D eigenvalue weighted by Crippen LogP contribution is 2.36.